The van der Waals surface area contributed by atoms with Gasteiger partial charge in [0, 0.05) is 38.1 Å². The Kier molecular flexibility index (Phi) is 24.5. The summed E-state index contributed by atoms with van der Waals surface area (Å²) in [6, 6.07) is 1.33. The quantitative estimate of drug-likeness (QED) is 0.0568. The molecule has 0 fully saturated rings. The Labute approximate surface area is 411 Å². The molecule has 0 aliphatic carbocycles. The van der Waals surface area contributed by atoms with E-state index in [1.165, 1.54) is 116 Å². The predicted molar refractivity (Wildman–Crippen MR) is 261 cm³/mol. The minimum absolute atomic E-state index is 0.0245. The van der Waals surface area contributed by atoms with Crippen molar-refractivity contribution in [2.45, 2.75) is 153 Å². The topological polar surface area (TPSA) is 308 Å². The Balaban J connectivity index is 1.68. The zero-order valence-corrected chi connectivity index (χ0v) is 41.4. The maximum Gasteiger partial charge on any atom is 0.248 e. The number of nitrogens with zero attached hydrogens (tertiary/aromatic N) is 2. The molecule has 3 rings (SSSR count). The van der Waals surface area contributed by atoms with Crippen LogP contribution in [-0.4, -0.2) is 159 Å². The van der Waals surface area contributed by atoms with Crippen molar-refractivity contribution >= 4 is 41.4 Å². The lowest BCUT2D eigenvalue weighted by atomic mass is 9.93. The molecular formula is C50H77N7O13. The van der Waals surface area contributed by atoms with Gasteiger partial charge in [-0.3, -0.25) is 33.6 Å². The van der Waals surface area contributed by atoms with Crippen LogP contribution in [0.4, 0.5) is 0 Å². The van der Waals surface area contributed by atoms with E-state index in [1.807, 2.05) is 0 Å². The molecule has 1 aliphatic heterocycles. The third-order valence-electron chi connectivity index (χ3n) is 12.8. The van der Waals surface area contributed by atoms with E-state index in [1.54, 1.807) is 0 Å². The van der Waals surface area contributed by atoms with E-state index < -0.39 is 104 Å². The Morgan fingerprint density at radius 2 is 1.27 bits per heavy atom. The number of aromatic hydroxyl groups is 2. The molecule has 0 saturated carbocycles. The van der Waals surface area contributed by atoms with Crippen LogP contribution in [0, 0.1) is 0 Å². The van der Waals surface area contributed by atoms with Crippen molar-refractivity contribution in [2.24, 2.45) is 0 Å². The van der Waals surface area contributed by atoms with Gasteiger partial charge in [0.15, 0.2) is 0 Å². The van der Waals surface area contributed by atoms with E-state index in [-0.39, 0.29) is 46.9 Å². The highest BCUT2D eigenvalue weighted by Crippen LogP contribution is 2.38. The molecule has 11 N–H and O–H groups in total. The number of phenols is 2. The highest BCUT2D eigenvalue weighted by molar-refractivity contribution is 5.97. The summed E-state index contributed by atoms with van der Waals surface area (Å²) in [5.41, 5.74) is -1.29. The maximum atomic E-state index is 14.1. The third-order valence-corrected chi connectivity index (χ3v) is 12.8. The number of nitrogens with one attached hydrogen (secondary N) is 5. The summed E-state index contributed by atoms with van der Waals surface area (Å²) >= 11 is 0. The van der Waals surface area contributed by atoms with Crippen LogP contribution in [0.25, 0.3) is 11.1 Å². The van der Waals surface area contributed by atoms with E-state index in [9.17, 15) is 64.2 Å². The van der Waals surface area contributed by atoms with Gasteiger partial charge in [-0.1, -0.05) is 96.1 Å². The predicted octanol–water partition coefficient (Wildman–Crippen LogP) is 1.56. The zero-order valence-electron chi connectivity index (χ0n) is 41.4. The standard InChI is InChI=1S/C50H77N7O13/c1-6-7-8-9-10-11-12-13-14-15-16-17-18-19-42(64)56(4)39(28-58)48(69)52-32(2)45(66)51-27-43(65)57(5)44-35-21-23-41(63)37(26-35)36-24-34(20-22-40(36)62)25-38(54-46(67)33(3)53-49(44)70)47(68)55-50(29-59,30-60)31-61/h20-24,26,32-33,38-39,44,58-63H,6-19,25,27-31H2,1-5H3,(H,51,66)(H,52,69)(H,53,70)(H,54,67)(H,55,68)/t32-,33+,38+,39-,44+/m1/s1. The van der Waals surface area contributed by atoms with Gasteiger partial charge in [-0.25, -0.2) is 0 Å². The lowest BCUT2D eigenvalue weighted by molar-refractivity contribution is -0.142. The zero-order chi connectivity index (χ0) is 52.0. The second-order valence-electron chi connectivity index (χ2n) is 18.4. The number of likely N-dealkylation sites (N-methyl/N-ethyl adjacent to an activating group) is 2. The first-order valence-electron chi connectivity index (χ1n) is 24.5. The monoisotopic (exact) mass is 984 g/mol. The van der Waals surface area contributed by atoms with Crippen molar-refractivity contribution in [2.75, 3.05) is 47.1 Å². The van der Waals surface area contributed by atoms with Crippen LogP contribution in [0.2, 0.25) is 0 Å². The number of benzene rings is 2. The number of rotatable bonds is 27. The molecule has 0 saturated heterocycles. The molecule has 0 unspecified atom stereocenters. The van der Waals surface area contributed by atoms with Gasteiger partial charge < -0.3 is 67.0 Å². The summed E-state index contributed by atoms with van der Waals surface area (Å²) < 4.78 is 0. The van der Waals surface area contributed by atoms with Gasteiger partial charge in [0.1, 0.15) is 47.2 Å². The Morgan fingerprint density at radius 3 is 1.83 bits per heavy atom. The average molecular weight is 984 g/mol. The van der Waals surface area contributed by atoms with E-state index in [4.69, 9.17) is 0 Å². The number of phenolic OH excluding ortho intramolecular Hbond substituents is 2. The summed E-state index contributed by atoms with van der Waals surface area (Å²) in [4.78, 5) is 96.6. The van der Waals surface area contributed by atoms with Crippen LogP contribution in [0.3, 0.4) is 0 Å². The van der Waals surface area contributed by atoms with Crippen LogP contribution in [-0.2, 0) is 40.0 Å². The number of aliphatic hydroxyl groups excluding tert-OH is 4. The smallest absolute Gasteiger partial charge is 0.248 e. The molecular weight excluding hydrogens is 907 g/mol. The molecule has 70 heavy (non-hydrogen) atoms. The van der Waals surface area contributed by atoms with Gasteiger partial charge in [-0.15, -0.1) is 0 Å². The Morgan fingerprint density at radius 1 is 0.729 bits per heavy atom. The van der Waals surface area contributed by atoms with Crippen LogP contribution in [0.1, 0.15) is 128 Å². The second-order valence-corrected chi connectivity index (χ2v) is 18.4. The lowest BCUT2D eigenvalue weighted by Gasteiger charge is -2.32. The molecule has 0 radical (unpaired) electrons. The van der Waals surface area contributed by atoms with Crippen molar-refractivity contribution in [3.8, 4) is 22.6 Å². The summed E-state index contributed by atoms with van der Waals surface area (Å²) in [5.74, 6) is -6.05. The van der Waals surface area contributed by atoms with Crippen molar-refractivity contribution in [1.82, 2.24) is 36.4 Å². The lowest BCUT2D eigenvalue weighted by Crippen LogP contribution is -2.62. The fourth-order valence-corrected chi connectivity index (χ4v) is 8.12. The van der Waals surface area contributed by atoms with Crippen molar-refractivity contribution < 1.29 is 64.2 Å². The molecule has 5 atom stereocenters. The molecule has 4 bridgehead atoms. The number of carbonyl (C=O) groups is 7. The molecule has 20 nitrogen and oxygen atoms in total. The largest absolute Gasteiger partial charge is 0.507 e. The van der Waals surface area contributed by atoms with E-state index in [0.29, 0.717) is 12.0 Å². The van der Waals surface area contributed by atoms with E-state index >= 15 is 0 Å². The van der Waals surface area contributed by atoms with Gasteiger partial charge in [0.2, 0.25) is 41.4 Å². The Hall–Kier alpha value is -5.83. The number of unbranched alkanes of at least 4 members (excludes halogenated alkanes) is 12. The number of aliphatic hydroxyl groups is 4. The fraction of sp³-hybridized carbons (Fsp3) is 0.620. The first-order chi connectivity index (χ1) is 33.4. The number of amides is 7. The number of fused-ring (bicyclic) bond motifs is 5. The van der Waals surface area contributed by atoms with Crippen LogP contribution >= 0.6 is 0 Å². The van der Waals surface area contributed by atoms with Gasteiger partial charge in [0.05, 0.1) is 33.0 Å². The minimum atomic E-state index is -1.85. The molecule has 2 aromatic carbocycles. The maximum absolute atomic E-state index is 14.1. The first-order valence-corrected chi connectivity index (χ1v) is 24.5. The molecule has 0 aromatic heterocycles. The molecule has 1 aliphatic rings. The summed E-state index contributed by atoms with van der Waals surface area (Å²) in [6.07, 6.45) is 14.9. The number of carbonyl (C=O) groups excluding carboxylic acids is 7. The summed E-state index contributed by atoms with van der Waals surface area (Å²) in [7, 11) is 2.67. The minimum Gasteiger partial charge on any atom is -0.507 e. The fourth-order valence-electron chi connectivity index (χ4n) is 8.12. The molecule has 0 spiro atoms. The summed E-state index contributed by atoms with van der Waals surface area (Å²) in [6.45, 7) is 0.948. The van der Waals surface area contributed by atoms with Crippen LogP contribution < -0.4 is 26.6 Å². The van der Waals surface area contributed by atoms with Crippen molar-refractivity contribution in [3.05, 3.63) is 47.5 Å². The highest BCUT2D eigenvalue weighted by atomic mass is 16.3. The van der Waals surface area contributed by atoms with Gasteiger partial charge in [0.25, 0.3) is 0 Å². The van der Waals surface area contributed by atoms with Gasteiger partial charge in [-0.05, 0) is 55.7 Å². The molecule has 1 heterocycles. The molecule has 7 amide bonds. The Bertz CT molecular complexity index is 2060. The van der Waals surface area contributed by atoms with Crippen molar-refractivity contribution in [3.63, 3.8) is 0 Å². The SMILES string of the molecule is CCCCCCCCCCCCCCCC(=O)N(C)[C@H](CO)C(=O)N[C@H](C)C(=O)NCC(=O)N(C)[C@@H]1C(=O)N[C@@H](C)C(=O)N[C@H](C(=O)NC(CO)(CO)CO)Cc2ccc(O)c(c2)-c2cc1ccc2O. The molecule has 2 aromatic rings. The summed E-state index contributed by atoms with van der Waals surface area (Å²) in [5, 5.41) is 73.9. The van der Waals surface area contributed by atoms with Crippen molar-refractivity contribution in [1.29, 1.82) is 0 Å². The molecule has 390 valence electrons. The van der Waals surface area contributed by atoms with E-state index in [2.05, 4.69) is 33.5 Å². The van der Waals surface area contributed by atoms with Crippen LogP contribution in [0.15, 0.2) is 36.4 Å². The van der Waals surface area contributed by atoms with E-state index in [0.717, 1.165) is 35.5 Å². The highest BCUT2D eigenvalue weighted by Gasteiger charge is 2.36. The van der Waals surface area contributed by atoms with Crippen LogP contribution in [0.5, 0.6) is 11.5 Å². The molecule has 20 heteroatoms. The normalized spacial score (nSPS) is 17.0. The van der Waals surface area contributed by atoms with Gasteiger partial charge >= 0.3 is 0 Å². The number of hydrogen-bond donors (Lipinski definition) is 11. The van der Waals surface area contributed by atoms with Gasteiger partial charge in [-0.2, -0.15) is 0 Å². The number of hydrogen-bond acceptors (Lipinski definition) is 13. The second kappa shape index (κ2) is 29.4. The average Bonchev–Trinajstić information content (AvgIpc) is 3.34. The third kappa shape index (κ3) is 17.2. The first kappa shape index (κ1) is 58.5.